The van der Waals surface area contributed by atoms with Gasteiger partial charge in [-0.3, -0.25) is 0 Å². The van der Waals surface area contributed by atoms with Gasteiger partial charge in [0.05, 0.1) is 12.7 Å². The molecule has 1 aromatic rings. The minimum atomic E-state index is 0.0729. The van der Waals surface area contributed by atoms with E-state index >= 15 is 0 Å². The second-order valence-corrected chi connectivity index (χ2v) is 2.98. The molecule has 0 radical (unpaired) electrons. The van der Waals surface area contributed by atoms with E-state index in [9.17, 15) is 0 Å². The average molecular weight is 175 g/mol. The standard InChI is InChI=1S/C11H13NO/c1-10(9-12)7-8-13-11-5-3-2-4-6-11/h2-6,10H,7-8H2,1H3/t10-/m0/s1. The molecule has 0 amide bonds. The Labute approximate surface area is 78.8 Å². The Morgan fingerprint density at radius 3 is 2.69 bits per heavy atom. The Morgan fingerprint density at radius 1 is 1.38 bits per heavy atom. The molecule has 0 spiro atoms. The highest BCUT2D eigenvalue weighted by Gasteiger charge is 1.99. The molecule has 1 aromatic carbocycles. The van der Waals surface area contributed by atoms with Gasteiger partial charge in [-0.25, -0.2) is 0 Å². The number of ether oxygens (including phenoxy) is 1. The van der Waals surface area contributed by atoms with Crippen LogP contribution in [0.3, 0.4) is 0 Å². The Balaban J connectivity index is 2.25. The molecule has 0 aromatic heterocycles. The van der Waals surface area contributed by atoms with E-state index in [0.29, 0.717) is 6.61 Å². The van der Waals surface area contributed by atoms with Crippen LogP contribution in [0.5, 0.6) is 5.75 Å². The van der Waals surface area contributed by atoms with Crippen LogP contribution in [0, 0.1) is 17.2 Å². The van der Waals surface area contributed by atoms with Gasteiger partial charge >= 0.3 is 0 Å². The Hall–Kier alpha value is -1.49. The first kappa shape index (κ1) is 9.60. The fourth-order valence-electron chi connectivity index (χ4n) is 0.935. The summed E-state index contributed by atoms with van der Waals surface area (Å²) in [6, 6.07) is 11.8. The summed E-state index contributed by atoms with van der Waals surface area (Å²) < 4.78 is 5.43. The molecule has 0 saturated heterocycles. The fourth-order valence-corrected chi connectivity index (χ4v) is 0.935. The summed E-state index contributed by atoms with van der Waals surface area (Å²) in [5.74, 6) is 0.941. The minimum absolute atomic E-state index is 0.0729. The summed E-state index contributed by atoms with van der Waals surface area (Å²) in [6.45, 7) is 2.51. The number of nitrogens with zero attached hydrogens (tertiary/aromatic N) is 1. The van der Waals surface area contributed by atoms with E-state index in [1.54, 1.807) is 0 Å². The van der Waals surface area contributed by atoms with Crippen LogP contribution < -0.4 is 4.74 Å². The molecular formula is C11H13NO. The molecule has 0 heterocycles. The number of hydrogen-bond donors (Lipinski definition) is 0. The highest BCUT2D eigenvalue weighted by Crippen LogP contribution is 2.09. The number of hydrogen-bond acceptors (Lipinski definition) is 2. The lowest BCUT2D eigenvalue weighted by molar-refractivity contribution is 0.297. The van der Waals surface area contributed by atoms with Crippen LogP contribution in [0.25, 0.3) is 0 Å². The lowest BCUT2D eigenvalue weighted by atomic mass is 10.1. The molecule has 0 bridgehead atoms. The Bertz CT molecular complexity index is 276. The third-order valence-corrected chi connectivity index (χ3v) is 1.78. The Kier molecular flexibility index (Phi) is 3.84. The molecule has 0 aliphatic rings. The molecule has 13 heavy (non-hydrogen) atoms. The maximum atomic E-state index is 8.53. The summed E-state index contributed by atoms with van der Waals surface area (Å²) >= 11 is 0. The van der Waals surface area contributed by atoms with Gasteiger partial charge in [0, 0.05) is 5.92 Å². The highest BCUT2D eigenvalue weighted by atomic mass is 16.5. The van der Waals surface area contributed by atoms with E-state index in [4.69, 9.17) is 10.00 Å². The van der Waals surface area contributed by atoms with Crippen molar-refractivity contribution in [1.82, 2.24) is 0 Å². The van der Waals surface area contributed by atoms with Crippen molar-refractivity contribution in [3.63, 3.8) is 0 Å². The summed E-state index contributed by atoms with van der Waals surface area (Å²) in [7, 11) is 0. The van der Waals surface area contributed by atoms with Gasteiger partial charge in [-0.1, -0.05) is 18.2 Å². The van der Waals surface area contributed by atoms with Crippen LogP contribution in [0.15, 0.2) is 30.3 Å². The van der Waals surface area contributed by atoms with Crippen LogP contribution in [0.2, 0.25) is 0 Å². The number of para-hydroxylation sites is 1. The predicted octanol–water partition coefficient (Wildman–Crippen LogP) is 2.62. The maximum absolute atomic E-state index is 8.53. The van der Waals surface area contributed by atoms with E-state index in [1.165, 1.54) is 0 Å². The molecule has 0 saturated carbocycles. The van der Waals surface area contributed by atoms with Crippen LogP contribution in [-0.2, 0) is 0 Å². The third-order valence-electron chi connectivity index (χ3n) is 1.78. The van der Waals surface area contributed by atoms with Crippen LogP contribution >= 0.6 is 0 Å². The van der Waals surface area contributed by atoms with Crippen molar-refractivity contribution in [1.29, 1.82) is 5.26 Å². The molecule has 0 N–H and O–H groups in total. The van der Waals surface area contributed by atoms with Crippen molar-refractivity contribution in [2.24, 2.45) is 5.92 Å². The van der Waals surface area contributed by atoms with Crippen molar-refractivity contribution < 1.29 is 4.74 Å². The molecule has 2 heteroatoms. The van der Waals surface area contributed by atoms with Gasteiger partial charge in [0.25, 0.3) is 0 Å². The van der Waals surface area contributed by atoms with Crippen molar-refractivity contribution in [2.45, 2.75) is 13.3 Å². The van der Waals surface area contributed by atoms with Crippen LogP contribution in [0.1, 0.15) is 13.3 Å². The monoisotopic (exact) mass is 175 g/mol. The molecule has 2 nitrogen and oxygen atoms in total. The average Bonchev–Trinajstić information content (AvgIpc) is 2.19. The summed E-state index contributed by atoms with van der Waals surface area (Å²) in [4.78, 5) is 0. The van der Waals surface area contributed by atoms with E-state index in [1.807, 2.05) is 37.3 Å². The van der Waals surface area contributed by atoms with E-state index < -0.39 is 0 Å². The van der Waals surface area contributed by atoms with Gasteiger partial charge in [0.1, 0.15) is 5.75 Å². The smallest absolute Gasteiger partial charge is 0.119 e. The van der Waals surface area contributed by atoms with Gasteiger partial charge in [-0.15, -0.1) is 0 Å². The van der Waals surface area contributed by atoms with Crippen LogP contribution in [0.4, 0.5) is 0 Å². The first-order valence-corrected chi connectivity index (χ1v) is 4.40. The second-order valence-electron chi connectivity index (χ2n) is 2.98. The summed E-state index contributed by atoms with van der Waals surface area (Å²) in [6.07, 6.45) is 0.783. The van der Waals surface area contributed by atoms with Crippen molar-refractivity contribution in [3.8, 4) is 11.8 Å². The zero-order valence-electron chi connectivity index (χ0n) is 7.73. The van der Waals surface area contributed by atoms with E-state index in [-0.39, 0.29) is 5.92 Å². The lowest BCUT2D eigenvalue weighted by Gasteiger charge is -2.05. The lowest BCUT2D eigenvalue weighted by Crippen LogP contribution is -2.02. The largest absolute Gasteiger partial charge is 0.494 e. The summed E-state index contributed by atoms with van der Waals surface area (Å²) in [5.41, 5.74) is 0. The van der Waals surface area contributed by atoms with Crippen molar-refractivity contribution in [2.75, 3.05) is 6.61 Å². The molecule has 0 unspecified atom stereocenters. The zero-order valence-corrected chi connectivity index (χ0v) is 7.73. The summed E-state index contributed by atoms with van der Waals surface area (Å²) in [5, 5.41) is 8.53. The Morgan fingerprint density at radius 2 is 2.08 bits per heavy atom. The van der Waals surface area contributed by atoms with Crippen LogP contribution in [-0.4, -0.2) is 6.61 Å². The highest BCUT2D eigenvalue weighted by molar-refractivity contribution is 5.20. The molecule has 0 aliphatic heterocycles. The molecule has 68 valence electrons. The third kappa shape index (κ3) is 3.62. The normalized spacial score (nSPS) is 11.7. The van der Waals surface area contributed by atoms with Crippen molar-refractivity contribution in [3.05, 3.63) is 30.3 Å². The van der Waals surface area contributed by atoms with Gasteiger partial charge in [-0.05, 0) is 25.5 Å². The number of nitriles is 1. The number of benzene rings is 1. The minimum Gasteiger partial charge on any atom is -0.494 e. The predicted molar refractivity (Wildman–Crippen MR) is 51.3 cm³/mol. The zero-order chi connectivity index (χ0) is 9.52. The van der Waals surface area contributed by atoms with Gasteiger partial charge in [0.2, 0.25) is 0 Å². The van der Waals surface area contributed by atoms with Crippen molar-refractivity contribution >= 4 is 0 Å². The quantitative estimate of drug-likeness (QED) is 0.704. The maximum Gasteiger partial charge on any atom is 0.119 e. The topological polar surface area (TPSA) is 33.0 Å². The number of rotatable bonds is 4. The molecule has 0 aliphatic carbocycles. The van der Waals surface area contributed by atoms with Gasteiger partial charge < -0.3 is 4.74 Å². The first-order chi connectivity index (χ1) is 6.33. The molecule has 1 rings (SSSR count). The SMILES string of the molecule is C[C@H](C#N)CCOc1ccccc1. The van der Waals surface area contributed by atoms with Gasteiger partial charge in [0.15, 0.2) is 0 Å². The fraction of sp³-hybridized carbons (Fsp3) is 0.364. The van der Waals surface area contributed by atoms with Gasteiger partial charge in [-0.2, -0.15) is 5.26 Å². The first-order valence-electron chi connectivity index (χ1n) is 4.40. The van der Waals surface area contributed by atoms with E-state index in [2.05, 4.69) is 6.07 Å². The molecule has 1 atom stereocenters. The molecular weight excluding hydrogens is 162 g/mol. The van der Waals surface area contributed by atoms with E-state index in [0.717, 1.165) is 12.2 Å². The second kappa shape index (κ2) is 5.21. The molecule has 0 fully saturated rings.